The lowest BCUT2D eigenvalue weighted by atomic mass is 10.1. The summed E-state index contributed by atoms with van der Waals surface area (Å²) in [5.41, 5.74) is 16.5. The minimum Gasteiger partial charge on any atom is -0.370 e. The molecule has 0 aliphatic carbocycles. The van der Waals surface area contributed by atoms with E-state index in [9.17, 15) is 19.2 Å². The Morgan fingerprint density at radius 2 is 1.56 bits per heavy atom. The van der Waals surface area contributed by atoms with Crippen molar-refractivity contribution in [1.82, 2.24) is 15.6 Å². The zero-order chi connectivity index (χ0) is 29.0. The van der Waals surface area contributed by atoms with Crippen LogP contribution in [0.15, 0.2) is 60.2 Å². The maximum atomic E-state index is 12.1. The predicted molar refractivity (Wildman–Crippen MR) is 155 cm³/mol. The van der Waals surface area contributed by atoms with Crippen molar-refractivity contribution in [2.75, 3.05) is 0 Å². The van der Waals surface area contributed by atoms with Gasteiger partial charge in [0.15, 0.2) is 0 Å². The number of hydrogen-bond acceptors (Lipinski definition) is 6. The largest absolute Gasteiger partial charge is 0.370 e. The van der Waals surface area contributed by atoms with Crippen LogP contribution in [0.5, 0.6) is 0 Å². The highest BCUT2D eigenvalue weighted by molar-refractivity contribution is 7.13. The second-order valence-corrected chi connectivity index (χ2v) is 9.31. The Hall–Kier alpha value is -4.05. The quantitative estimate of drug-likeness (QED) is 0.238. The van der Waals surface area contributed by atoms with Crippen molar-refractivity contribution >= 4 is 35.5 Å². The third-order valence-corrected chi connectivity index (χ3v) is 6.23. The summed E-state index contributed by atoms with van der Waals surface area (Å²) < 4.78 is 0. The van der Waals surface area contributed by atoms with Crippen LogP contribution in [0.1, 0.15) is 56.2 Å². The smallest absolute Gasteiger partial charge is 0.242 e. The molecule has 10 heteroatoms. The molecule has 0 saturated carbocycles. The number of aryl methyl sites for hydroxylation is 2. The number of nitrogens with two attached hydrogens (primary N) is 2. The standard InChI is InChI=1S/C17H24N4O4.C10H9NS.C2H6/c18-15(23)3-1-2-12-4-6-13(7-5-12)10-20-17(25)14(21-11-22)8-9-16(19)24;1-8-2-4-9(5-3-8)10-6-11-7-12-10;1-2/h4-7,11,14H,1-3,8-10H2,(H2,18,23)(H2,19,24)(H,20,25)(H,21,22);2-7H,1H3;1-2H3/t14-;;/m0../s1. The van der Waals surface area contributed by atoms with E-state index in [1.807, 2.05) is 49.8 Å². The number of carbonyl (C=O) groups excluding carboxylic acids is 4. The summed E-state index contributed by atoms with van der Waals surface area (Å²) in [5.74, 6) is -1.22. The second-order valence-electron chi connectivity index (χ2n) is 8.43. The van der Waals surface area contributed by atoms with Crippen LogP contribution >= 0.6 is 11.3 Å². The summed E-state index contributed by atoms with van der Waals surface area (Å²) in [4.78, 5) is 49.4. The molecule has 4 amide bonds. The van der Waals surface area contributed by atoms with Crippen LogP contribution in [-0.2, 0) is 32.1 Å². The first kappa shape index (κ1) is 33.0. The fourth-order valence-corrected chi connectivity index (χ4v) is 3.97. The van der Waals surface area contributed by atoms with E-state index in [1.165, 1.54) is 16.0 Å². The summed E-state index contributed by atoms with van der Waals surface area (Å²) in [6.07, 6.45) is 4.30. The summed E-state index contributed by atoms with van der Waals surface area (Å²) in [6.45, 7) is 6.39. The van der Waals surface area contributed by atoms with Crippen LogP contribution < -0.4 is 22.1 Å². The Kier molecular flexibility index (Phi) is 16.1. The molecule has 210 valence electrons. The summed E-state index contributed by atoms with van der Waals surface area (Å²) in [5, 5.41) is 5.09. The Labute approximate surface area is 234 Å². The van der Waals surface area contributed by atoms with Gasteiger partial charge in [0.2, 0.25) is 24.1 Å². The molecule has 39 heavy (non-hydrogen) atoms. The Morgan fingerprint density at radius 3 is 2.10 bits per heavy atom. The predicted octanol–water partition coefficient (Wildman–Crippen LogP) is 3.64. The molecule has 0 bridgehead atoms. The van der Waals surface area contributed by atoms with Gasteiger partial charge in [0.1, 0.15) is 6.04 Å². The number of nitrogens with one attached hydrogen (secondary N) is 2. The average molecular weight is 554 g/mol. The number of amides is 4. The van der Waals surface area contributed by atoms with Gasteiger partial charge in [-0.1, -0.05) is 67.9 Å². The van der Waals surface area contributed by atoms with Crippen molar-refractivity contribution in [3.05, 3.63) is 76.9 Å². The molecule has 6 N–H and O–H groups in total. The van der Waals surface area contributed by atoms with Crippen molar-refractivity contribution in [2.24, 2.45) is 11.5 Å². The maximum absolute atomic E-state index is 12.1. The molecule has 1 heterocycles. The first-order valence-electron chi connectivity index (χ1n) is 12.9. The monoisotopic (exact) mass is 553 g/mol. The molecule has 2 aromatic carbocycles. The highest BCUT2D eigenvalue weighted by Crippen LogP contribution is 2.22. The van der Waals surface area contributed by atoms with Gasteiger partial charge in [-0.05, 0) is 42.9 Å². The third-order valence-electron chi connectivity index (χ3n) is 5.41. The molecule has 0 aliphatic rings. The zero-order valence-corrected chi connectivity index (χ0v) is 23.6. The molecular formula is C29H39N5O4S. The van der Waals surface area contributed by atoms with E-state index in [4.69, 9.17) is 11.5 Å². The van der Waals surface area contributed by atoms with E-state index < -0.39 is 11.9 Å². The van der Waals surface area contributed by atoms with E-state index in [-0.39, 0.29) is 24.7 Å². The number of carbonyl (C=O) groups is 4. The number of aromatic nitrogens is 1. The van der Waals surface area contributed by atoms with Gasteiger partial charge in [0.25, 0.3) is 0 Å². The molecular weight excluding hydrogens is 514 g/mol. The Morgan fingerprint density at radius 1 is 0.949 bits per heavy atom. The van der Waals surface area contributed by atoms with Crippen LogP contribution in [0.3, 0.4) is 0 Å². The molecule has 9 nitrogen and oxygen atoms in total. The van der Waals surface area contributed by atoms with Crippen LogP contribution in [0.2, 0.25) is 0 Å². The lowest BCUT2D eigenvalue weighted by Gasteiger charge is -2.15. The number of benzene rings is 2. The third kappa shape index (κ3) is 13.9. The summed E-state index contributed by atoms with van der Waals surface area (Å²) in [6, 6.07) is 15.3. The number of rotatable bonds is 13. The lowest BCUT2D eigenvalue weighted by molar-refractivity contribution is -0.126. The molecule has 0 radical (unpaired) electrons. The Balaban J connectivity index is 0.000000447. The second kappa shape index (κ2) is 19.1. The maximum Gasteiger partial charge on any atom is 0.242 e. The van der Waals surface area contributed by atoms with E-state index >= 15 is 0 Å². The molecule has 0 saturated heterocycles. The SMILES string of the molecule is CC.Cc1ccc(-c2cncs2)cc1.NC(=O)CCCc1ccc(CNC(=O)[C@H](CCC(N)=O)NC=O)cc1. The molecule has 3 rings (SSSR count). The van der Waals surface area contributed by atoms with E-state index in [0.29, 0.717) is 25.8 Å². The first-order chi connectivity index (χ1) is 18.8. The fraction of sp³-hybridized carbons (Fsp3) is 0.345. The molecule has 0 aliphatic heterocycles. The molecule has 0 spiro atoms. The van der Waals surface area contributed by atoms with Gasteiger partial charge in [0.05, 0.1) is 10.4 Å². The van der Waals surface area contributed by atoms with Crippen LogP contribution in [-0.4, -0.2) is 35.2 Å². The summed E-state index contributed by atoms with van der Waals surface area (Å²) >= 11 is 1.67. The molecule has 1 aromatic heterocycles. The van der Waals surface area contributed by atoms with Crippen LogP contribution in [0.4, 0.5) is 0 Å². The van der Waals surface area contributed by atoms with Crippen molar-refractivity contribution in [3.63, 3.8) is 0 Å². The van der Waals surface area contributed by atoms with Gasteiger partial charge in [-0.15, -0.1) is 11.3 Å². The van der Waals surface area contributed by atoms with Crippen molar-refractivity contribution in [2.45, 2.75) is 65.5 Å². The average Bonchev–Trinajstić information content (AvgIpc) is 3.47. The van der Waals surface area contributed by atoms with Crippen LogP contribution in [0.25, 0.3) is 10.4 Å². The van der Waals surface area contributed by atoms with Gasteiger partial charge in [-0.3, -0.25) is 24.2 Å². The van der Waals surface area contributed by atoms with Gasteiger partial charge in [-0.2, -0.15) is 0 Å². The first-order valence-corrected chi connectivity index (χ1v) is 13.7. The number of nitrogens with zero attached hydrogens (tertiary/aromatic N) is 1. The number of hydrogen-bond donors (Lipinski definition) is 4. The number of thiazole rings is 1. The van der Waals surface area contributed by atoms with Crippen molar-refractivity contribution < 1.29 is 19.2 Å². The normalized spacial score (nSPS) is 10.5. The van der Waals surface area contributed by atoms with Crippen molar-refractivity contribution in [1.29, 1.82) is 0 Å². The van der Waals surface area contributed by atoms with E-state index in [2.05, 4.69) is 46.8 Å². The molecule has 0 fully saturated rings. The lowest BCUT2D eigenvalue weighted by Crippen LogP contribution is -2.43. The topological polar surface area (TPSA) is 157 Å². The minimum absolute atomic E-state index is 0.0128. The van der Waals surface area contributed by atoms with Gasteiger partial charge >= 0.3 is 0 Å². The van der Waals surface area contributed by atoms with Crippen LogP contribution in [0, 0.1) is 6.92 Å². The fourth-order valence-electron chi connectivity index (χ4n) is 3.34. The van der Waals surface area contributed by atoms with E-state index in [1.54, 1.807) is 11.3 Å². The molecule has 0 unspecified atom stereocenters. The number of primary amides is 2. The van der Waals surface area contributed by atoms with E-state index in [0.717, 1.165) is 17.5 Å². The summed E-state index contributed by atoms with van der Waals surface area (Å²) in [7, 11) is 0. The Bertz CT molecular complexity index is 1130. The molecule has 3 aromatic rings. The zero-order valence-electron chi connectivity index (χ0n) is 22.8. The molecule has 1 atom stereocenters. The highest BCUT2D eigenvalue weighted by atomic mass is 32.1. The van der Waals surface area contributed by atoms with Gasteiger partial charge < -0.3 is 22.1 Å². The minimum atomic E-state index is -0.793. The van der Waals surface area contributed by atoms with Gasteiger partial charge in [0, 0.05) is 25.6 Å². The van der Waals surface area contributed by atoms with Gasteiger partial charge in [-0.25, -0.2) is 0 Å². The highest BCUT2D eigenvalue weighted by Gasteiger charge is 2.17. The van der Waals surface area contributed by atoms with Crippen molar-refractivity contribution in [3.8, 4) is 10.4 Å².